The Balaban J connectivity index is 1.75. The van der Waals surface area contributed by atoms with Crippen LogP contribution in [0.25, 0.3) is 22.0 Å². The third-order valence-corrected chi connectivity index (χ3v) is 6.94. The van der Waals surface area contributed by atoms with Crippen molar-refractivity contribution in [1.82, 2.24) is 14.8 Å². The van der Waals surface area contributed by atoms with Crippen molar-refractivity contribution < 1.29 is 31.4 Å². The van der Waals surface area contributed by atoms with Gasteiger partial charge in [0.1, 0.15) is 5.82 Å². The Bertz CT molecular complexity index is 1540. The van der Waals surface area contributed by atoms with Crippen LogP contribution in [0.15, 0.2) is 54.7 Å². The van der Waals surface area contributed by atoms with Gasteiger partial charge in [-0.2, -0.15) is 17.6 Å². The third kappa shape index (κ3) is 5.97. The zero-order chi connectivity index (χ0) is 28.4. The summed E-state index contributed by atoms with van der Waals surface area (Å²) < 4.78 is 83.7. The highest BCUT2D eigenvalue weighted by Crippen LogP contribution is 2.42. The SMILES string of the molecule is CCOc1ccc(/C(=C(/CC(F)(F)F)c2ccc(F)cc2Cl)c2ccc3c(c2)c(F)nn3C2CCCCO2)cn1. The van der Waals surface area contributed by atoms with Gasteiger partial charge in [0.15, 0.2) is 6.23 Å². The molecule has 1 unspecified atom stereocenters. The number of ether oxygens (including phenoxy) is 2. The second-order valence-electron chi connectivity index (χ2n) is 9.38. The van der Waals surface area contributed by atoms with E-state index in [2.05, 4.69) is 10.1 Å². The Morgan fingerprint density at radius 1 is 1.07 bits per heavy atom. The fraction of sp³-hybridized carbons (Fsp3) is 0.310. The van der Waals surface area contributed by atoms with Crippen LogP contribution in [0.3, 0.4) is 0 Å². The molecule has 1 atom stereocenters. The molecule has 0 saturated carbocycles. The Labute approximate surface area is 232 Å². The molecular formula is C29H25ClF5N3O2. The van der Waals surface area contributed by atoms with Crippen molar-refractivity contribution in [2.45, 2.75) is 45.0 Å². The molecule has 210 valence electrons. The van der Waals surface area contributed by atoms with E-state index in [1.807, 2.05) is 0 Å². The van der Waals surface area contributed by atoms with Gasteiger partial charge in [-0.25, -0.2) is 14.1 Å². The van der Waals surface area contributed by atoms with E-state index in [-0.39, 0.29) is 38.6 Å². The molecule has 2 aromatic carbocycles. The second kappa shape index (κ2) is 11.5. The van der Waals surface area contributed by atoms with Crippen LogP contribution in [0.5, 0.6) is 5.88 Å². The predicted octanol–water partition coefficient (Wildman–Crippen LogP) is 8.37. The molecule has 1 saturated heterocycles. The van der Waals surface area contributed by atoms with Crippen LogP contribution in [-0.4, -0.2) is 34.2 Å². The maximum absolute atomic E-state index is 15.2. The number of pyridine rings is 1. The molecule has 4 aromatic rings. The quantitative estimate of drug-likeness (QED) is 0.163. The van der Waals surface area contributed by atoms with Gasteiger partial charge in [0, 0.05) is 24.4 Å². The molecule has 0 aliphatic carbocycles. The van der Waals surface area contributed by atoms with E-state index in [4.69, 9.17) is 21.1 Å². The molecular weight excluding hydrogens is 553 g/mol. The molecule has 0 N–H and O–H groups in total. The molecule has 40 heavy (non-hydrogen) atoms. The highest BCUT2D eigenvalue weighted by molar-refractivity contribution is 6.32. The lowest BCUT2D eigenvalue weighted by Gasteiger charge is -2.23. The average molecular weight is 578 g/mol. The number of fused-ring (bicyclic) bond motifs is 1. The highest BCUT2D eigenvalue weighted by atomic mass is 35.5. The molecule has 11 heteroatoms. The van der Waals surface area contributed by atoms with Crippen LogP contribution >= 0.6 is 11.6 Å². The molecule has 0 bridgehead atoms. The molecule has 1 aliphatic rings. The fourth-order valence-electron chi connectivity index (χ4n) is 4.92. The number of halogens is 6. The number of rotatable bonds is 7. The Kier molecular flexibility index (Phi) is 8.09. The first-order chi connectivity index (χ1) is 19.1. The van der Waals surface area contributed by atoms with Crippen molar-refractivity contribution >= 4 is 33.7 Å². The number of aromatic nitrogens is 3. The molecule has 0 spiro atoms. The first kappa shape index (κ1) is 28.0. The van der Waals surface area contributed by atoms with Gasteiger partial charge in [-0.05, 0) is 78.8 Å². The van der Waals surface area contributed by atoms with E-state index in [1.54, 1.807) is 25.1 Å². The van der Waals surface area contributed by atoms with Crippen LogP contribution < -0.4 is 4.74 Å². The normalized spacial score (nSPS) is 16.7. The highest BCUT2D eigenvalue weighted by Gasteiger charge is 2.33. The minimum absolute atomic E-state index is 0.00357. The molecule has 1 fully saturated rings. The van der Waals surface area contributed by atoms with Crippen LogP contribution in [0.2, 0.25) is 5.02 Å². The van der Waals surface area contributed by atoms with Crippen molar-refractivity contribution in [2.24, 2.45) is 0 Å². The van der Waals surface area contributed by atoms with Gasteiger partial charge in [-0.3, -0.25) is 0 Å². The summed E-state index contributed by atoms with van der Waals surface area (Å²) in [5, 5.41) is 3.98. The molecule has 5 rings (SSSR count). The predicted molar refractivity (Wildman–Crippen MR) is 142 cm³/mol. The van der Waals surface area contributed by atoms with Crippen molar-refractivity contribution in [2.75, 3.05) is 13.2 Å². The number of alkyl halides is 3. The summed E-state index contributed by atoms with van der Waals surface area (Å²) in [6.45, 7) is 2.66. The summed E-state index contributed by atoms with van der Waals surface area (Å²) in [6, 6.07) is 11.0. The lowest BCUT2D eigenvalue weighted by Crippen LogP contribution is -2.19. The van der Waals surface area contributed by atoms with Crippen molar-refractivity contribution in [3.63, 3.8) is 0 Å². The Morgan fingerprint density at radius 2 is 1.88 bits per heavy atom. The van der Waals surface area contributed by atoms with Crippen LogP contribution in [0, 0.1) is 11.8 Å². The smallest absolute Gasteiger partial charge is 0.393 e. The van der Waals surface area contributed by atoms with Gasteiger partial charge in [0.05, 0.1) is 29.0 Å². The third-order valence-electron chi connectivity index (χ3n) is 6.63. The summed E-state index contributed by atoms with van der Waals surface area (Å²) in [5.41, 5.74) is 0.938. The van der Waals surface area contributed by atoms with Crippen LogP contribution in [-0.2, 0) is 4.74 Å². The molecule has 0 amide bonds. The number of allylic oxidation sites excluding steroid dienone is 1. The standard InChI is InChI=1S/C29H25ClF5N3O2/c1-2-39-25-11-7-18(16-36-25)27(22(15-29(33,34)35)20-9-8-19(31)14-23(20)30)17-6-10-24-21(13-17)28(32)37-38(24)26-5-3-4-12-40-26/h6-11,13-14,16,26H,2-5,12,15H2,1H3/b27-22-. The number of hydrogen-bond acceptors (Lipinski definition) is 4. The van der Waals surface area contributed by atoms with E-state index >= 15 is 4.39 Å². The van der Waals surface area contributed by atoms with Gasteiger partial charge >= 0.3 is 6.18 Å². The lowest BCUT2D eigenvalue weighted by molar-refractivity contribution is -0.122. The Hall–Kier alpha value is -3.50. The fourth-order valence-corrected chi connectivity index (χ4v) is 5.21. The molecule has 1 aliphatic heterocycles. The number of hydrogen-bond donors (Lipinski definition) is 0. The first-order valence-electron chi connectivity index (χ1n) is 12.8. The monoisotopic (exact) mass is 577 g/mol. The molecule has 3 heterocycles. The van der Waals surface area contributed by atoms with E-state index in [9.17, 15) is 17.6 Å². The lowest BCUT2D eigenvalue weighted by atomic mass is 9.88. The van der Waals surface area contributed by atoms with Crippen molar-refractivity contribution in [3.05, 3.63) is 88.2 Å². The summed E-state index contributed by atoms with van der Waals surface area (Å²) in [5.74, 6) is -1.17. The summed E-state index contributed by atoms with van der Waals surface area (Å²) >= 11 is 6.28. The van der Waals surface area contributed by atoms with E-state index in [1.165, 1.54) is 29.1 Å². The van der Waals surface area contributed by atoms with E-state index in [0.717, 1.165) is 25.0 Å². The zero-order valence-electron chi connectivity index (χ0n) is 21.4. The maximum Gasteiger partial charge on any atom is 0.393 e. The largest absolute Gasteiger partial charge is 0.478 e. The summed E-state index contributed by atoms with van der Waals surface area (Å²) in [4.78, 5) is 4.23. The van der Waals surface area contributed by atoms with Gasteiger partial charge in [-0.15, -0.1) is 5.10 Å². The van der Waals surface area contributed by atoms with Crippen molar-refractivity contribution in [3.8, 4) is 5.88 Å². The van der Waals surface area contributed by atoms with Gasteiger partial charge in [-0.1, -0.05) is 23.7 Å². The van der Waals surface area contributed by atoms with E-state index in [0.29, 0.717) is 30.7 Å². The first-order valence-corrected chi connectivity index (χ1v) is 13.2. The Morgan fingerprint density at radius 3 is 2.52 bits per heavy atom. The summed E-state index contributed by atoms with van der Waals surface area (Å²) in [6.07, 6.45) is -2.60. The molecule has 0 radical (unpaired) electrons. The van der Waals surface area contributed by atoms with Gasteiger partial charge < -0.3 is 9.47 Å². The minimum atomic E-state index is -4.64. The minimum Gasteiger partial charge on any atom is -0.478 e. The van der Waals surface area contributed by atoms with E-state index < -0.39 is 30.6 Å². The maximum atomic E-state index is 15.2. The van der Waals surface area contributed by atoms with Crippen LogP contribution in [0.1, 0.15) is 55.5 Å². The van der Waals surface area contributed by atoms with Gasteiger partial charge in [0.2, 0.25) is 11.8 Å². The molecule has 5 nitrogen and oxygen atoms in total. The van der Waals surface area contributed by atoms with Crippen molar-refractivity contribution in [1.29, 1.82) is 0 Å². The topological polar surface area (TPSA) is 49.2 Å². The summed E-state index contributed by atoms with van der Waals surface area (Å²) in [7, 11) is 0. The average Bonchev–Trinajstić information content (AvgIpc) is 3.25. The zero-order valence-corrected chi connectivity index (χ0v) is 22.2. The second-order valence-corrected chi connectivity index (χ2v) is 9.78. The number of nitrogens with zero attached hydrogens (tertiary/aromatic N) is 3. The van der Waals surface area contributed by atoms with Gasteiger partial charge in [0.25, 0.3) is 0 Å². The number of benzene rings is 2. The molecule has 2 aromatic heterocycles. The van der Waals surface area contributed by atoms with Crippen LogP contribution in [0.4, 0.5) is 22.0 Å².